The van der Waals surface area contributed by atoms with Gasteiger partial charge in [-0.3, -0.25) is 0 Å². The molecule has 2 aromatic carbocycles. The Hall–Kier alpha value is -0.140. The predicted molar refractivity (Wildman–Crippen MR) is 99.1 cm³/mol. The van der Waals surface area contributed by atoms with Crippen molar-refractivity contribution >= 4 is 60.9 Å². The summed E-state index contributed by atoms with van der Waals surface area (Å²) >= 11 is 7.12. The molecule has 0 aliphatic heterocycles. The van der Waals surface area contributed by atoms with Crippen LogP contribution in [0.5, 0.6) is 11.5 Å². The van der Waals surface area contributed by atoms with Gasteiger partial charge < -0.3 is 9.47 Å². The second kappa shape index (κ2) is 6.75. The van der Waals surface area contributed by atoms with E-state index in [-0.39, 0.29) is 0 Å². The van der Waals surface area contributed by atoms with Crippen LogP contribution in [-0.2, 0) is 0 Å². The minimum absolute atomic E-state index is 0.804. The van der Waals surface area contributed by atoms with Crippen molar-refractivity contribution in [3.8, 4) is 22.6 Å². The zero-order valence-corrected chi connectivity index (χ0v) is 16.5. The fraction of sp³-hybridized carbons (Fsp3) is 0.143. The van der Waals surface area contributed by atoms with Gasteiger partial charge >= 0.3 is 0 Å². The summed E-state index contributed by atoms with van der Waals surface area (Å²) in [6.07, 6.45) is 0. The highest BCUT2D eigenvalue weighted by atomic mass is 79.9. The highest BCUT2D eigenvalue weighted by Gasteiger charge is 2.19. The zero-order valence-electron chi connectivity index (χ0n) is 11.0. The van der Waals surface area contributed by atoms with Crippen LogP contribution in [0.2, 0.25) is 0 Å². The molecular weight excluding hydrogens is 422 g/mol. The summed E-state index contributed by atoms with van der Waals surface area (Å²) in [6.45, 7) is 0. The lowest BCUT2D eigenvalue weighted by Gasteiger charge is -2.18. The summed E-state index contributed by atoms with van der Waals surface area (Å²) in [5.41, 5.74) is 1.99. The van der Waals surface area contributed by atoms with Gasteiger partial charge in [-0.15, -0.1) is 18.5 Å². The second-order valence-electron chi connectivity index (χ2n) is 4.08. The lowest BCUT2D eigenvalue weighted by Crippen LogP contribution is -2.10. The smallest absolute Gasteiger partial charge is 0.127 e. The van der Waals surface area contributed by atoms with Gasteiger partial charge in [0.2, 0.25) is 0 Å². The predicted octanol–water partition coefficient (Wildman–Crippen LogP) is 3.90. The number of hydrogen-bond donors (Lipinski definition) is 0. The summed E-state index contributed by atoms with van der Waals surface area (Å²) in [4.78, 5) is 0. The van der Waals surface area contributed by atoms with Crippen LogP contribution in [0.25, 0.3) is 11.1 Å². The van der Waals surface area contributed by atoms with Crippen molar-refractivity contribution in [1.29, 1.82) is 0 Å². The molecule has 0 saturated carbocycles. The first-order chi connectivity index (χ1) is 9.51. The Morgan fingerprint density at radius 3 is 1.40 bits per heavy atom. The maximum Gasteiger partial charge on any atom is 0.127 e. The van der Waals surface area contributed by atoms with Crippen LogP contribution in [-0.4, -0.2) is 14.2 Å². The molecule has 0 aliphatic carbocycles. The van der Waals surface area contributed by atoms with Crippen LogP contribution < -0.4 is 20.1 Å². The highest BCUT2D eigenvalue weighted by molar-refractivity contribution is 9.11. The van der Waals surface area contributed by atoms with E-state index in [9.17, 15) is 0 Å². The van der Waals surface area contributed by atoms with E-state index in [0.717, 1.165) is 42.2 Å². The quantitative estimate of drug-likeness (QED) is 0.681. The first-order valence-corrected chi connectivity index (χ1v) is 8.49. The highest BCUT2D eigenvalue weighted by Crippen LogP contribution is 2.39. The van der Waals surface area contributed by atoms with Crippen molar-refractivity contribution in [2.45, 2.75) is 0 Å². The van der Waals surface area contributed by atoms with Crippen LogP contribution in [0.4, 0.5) is 0 Å². The van der Waals surface area contributed by atoms with Crippen molar-refractivity contribution in [2.24, 2.45) is 0 Å². The third-order valence-corrected chi connectivity index (χ3v) is 6.43. The number of hydrogen-bond acceptors (Lipinski definition) is 2. The Labute approximate surface area is 140 Å². The molecular formula is C14H14Br2O2P2. The molecule has 0 N–H and O–H groups in total. The molecule has 0 spiro atoms. The topological polar surface area (TPSA) is 18.5 Å². The normalized spacial score (nSPS) is 10.5. The van der Waals surface area contributed by atoms with Crippen molar-refractivity contribution in [1.82, 2.24) is 0 Å². The summed E-state index contributed by atoms with van der Waals surface area (Å²) in [5.74, 6) is 1.61. The van der Waals surface area contributed by atoms with Gasteiger partial charge in [-0.2, -0.15) is 0 Å². The molecule has 20 heavy (non-hydrogen) atoms. The molecule has 0 radical (unpaired) electrons. The molecule has 2 unspecified atom stereocenters. The number of halogens is 2. The fourth-order valence-electron chi connectivity index (χ4n) is 2.00. The lowest BCUT2D eigenvalue weighted by atomic mass is 10.0. The van der Waals surface area contributed by atoms with Gasteiger partial charge in [0.1, 0.15) is 11.5 Å². The van der Waals surface area contributed by atoms with Crippen LogP contribution in [0.1, 0.15) is 0 Å². The monoisotopic (exact) mass is 434 g/mol. The Bertz CT molecular complexity index is 603. The van der Waals surface area contributed by atoms with Crippen molar-refractivity contribution in [3.63, 3.8) is 0 Å². The zero-order chi connectivity index (χ0) is 14.9. The maximum absolute atomic E-state index is 5.52. The van der Waals surface area contributed by atoms with Crippen molar-refractivity contribution in [3.05, 3.63) is 33.2 Å². The SMILES string of the molecule is COc1ccc(Br)c(P)c1-c1c(OC)ccc(Br)c1P. The lowest BCUT2D eigenvalue weighted by molar-refractivity contribution is 0.411. The molecule has 2 nitrogen and oxygen atoms in total. The van der Waals surface area contributed by atoms with Gasteiger partial charge in [0, 0.05) is 20.1 Å². The summed E-state index contributed by atoms with van der Waals surface area (Å²) in [6, 6.07) is 7.82. The number of benzene rings is 2. The van der Waals surface area contributed by atoms with Gasteiger partial charge in [0.05, 0.1) is 14.2 Å². The summed E-state index contributed by atoms with van der Waals surface area (Å²) < 4.78 is 13.0. The molecule has 6 heteroatoms. The molecule has 0 amide bonds. The molecule has 2 rings (SSSR count). The molecule has 106 valence electrons. The van der Waals surface area contributed by atoms with Gasteiger partial charge in [-0.05, 0) is 34.9 Å². The average molecular weight is 436 g/mol. The first-order valence-electron chi connectivity index (χ1n) is 5.75. The van der Waals surface area contributed by atoms with Gasteiger partial charge in [0.25, 0.3) is 0 Å². The molecule has 0 aliphatic rings. The Morgan fingerprint density at radius 2 is 1.10 bits per heavy atom. The molecule has 2 aromatic rings. The molecule has 2 atom stereocenters. The third kappa shape index (κ3) is 2.90. The van der Waals surface area contributed by atoms with Crippen LogP contribution in [0.15, 0.2) is 33.2 Å². The molecule has 0 saturated heterocycles. The third-order valence-electron chi connectivity index (χ3n) is 3.00. The standard InChI is InChI=1S/C14H14Br2O2P2/c1-17-9-5-3-7(15)13(19)11(9)12-10(18-2)6-4-8(16)14(12)20/h3-6H,19-20H2,1-2H3. The molecule has 0 aromatic heterocycles. The van der Waals surface area contributed by atoms with E-state index in [1.54, 1.807) is 14.2 Å². The maximum atomic E-state index is 5.52. The largest absolute Gasteiger partial charge is 0.496 e. The Balaban J connectivity index is 2.87. The van der Waals surface area contributed by atoms with Crippen LogP contribution in [0, 0.1) is 0 Å². The fourth-order valence-corrected chi connectivity index (χ4v) is 3.43. The van der Waals surface area contributed by atoms with Gasteiger partial charge in [0.15, 0.2) is 0 Å². The van der Waals surface area contributed by atoms with E-state index in [1.807, 2.05) is 24.3 Å². The minimum atomic E-state index is 0.804. The number of rotatable bonds is 3. The molecule has 0 heterocycles. The minimum Gasteiger partial charge on any atom is -0.496 e. The van der Waals surface area contributed by atoms with Gasteiger partial charge in [-0.1, -0.05) is 31.9 Å². The average Bonchev–Trinajstić information content (AvgIpc) is 2.45. The van der Waals surface area contributed by atoms with E-state index in [0.29, 0.717) is 0 Å². The summed E-state index contributed by atoms with van der Waals surface area (Å²) in [5, 5.41) is 2.06. The number of ether oxygens (including phenoxy) is 2. The van der Waals surface area contributed by atoms with Gasteiger partial charge in [-0.25, -0.2) is 0 Å². The van der Waals surface area contributed by atoms with Crippen molar-refractivity contribution < 1.29 is 9.47 Å². The first kappa shape index (κ1) is 16.2. The van der Waals surface area contributed by atoms with Crippen LogP contribution in [0.3, 0.4) is 0 Å². The van der Waals surface area contributed by atoms with E-state index in [2.05, 4.69) is 50.3 Å². The molecule has 0 bridgehead atoms. The summed E-state index contributed by atoms with van der Waals surface area (Å²) in [7, 11) is 8.85. The van der Waals surface area contributed by atoms with E-state index < -0.39 is 0 Å². The van der Waals surface area contributed by atoms with E-state index in [4.69, 9.17) is 9.47 Å². The van der Waals surface area contributed by atoms with Crippen molar-refractivity contribution in [2.75, 3.05) is 14.2 Å². The molecule has 0 fully saturated rings. The second-order valence-corrected chi connectivity index (χ2v) is 6.94. The van der Waals surface area contributed by atoms with E-state index >= 15 is 0 Å². The Morgan fingerprint density at radius 1 is 0.750 bits per heavy atom. The van der Waals surface area contributed by atoms with Crippen LogP contribution >= 0.6 is 50.3 Å². The van der Waals surface area contributed by atoms with E-state index in [1.165, 1.54) is 0 Å². The number of methoxy groups -OCH3 is 2. The Kier molecular flexibility index (Phi) is 5.48.